The third-order valence-electron chi connectivity index (χ3n) is 1.53. The first-order chi connectivity index (χ1) is 7.06. The molecule has 88 valence electrons. The first kappa shape index (κ1) is 14.1. The Morgan fingerprint density at radius 1 is 1.33 bits per heavy atom. The van der Waals surface area contributed by atoms with Crippen LogP contribution in [0.2, 0.25) is 0 Å². The highest BCUT2D eigenvalue weighted by Crippen LogP contribution is 2.07. The number of hydrogen-bond acceptors (Lipinski definition) is 6. The standard InChI is InChI=1S/C8H14O6S/c1-4-14-8(10)6(15(11)13-3)5-7(9)12-2/h6H,4-5H2,1-3H3. The molecule has 0 saturated heterocycles. The van der Waals surface area contributed by atoms with E-state index < -0.39 is 28.3 Å². The topological polar surface area (TPSA) is 78.9 Å². The van der Waals surface area contributed by atoms with E-state index in [9.17, 15) is 13.8 Å². The summed E-state index contributed by atoms with van der Waals surface area (Å²) in [6.07, 6.45) is -0.324. The minimum Gasteiger partial charge on any atom is -0.469 e. The average molecular weight is 238 g/mol. The first-order valence-electron chi connectivity index (χ1n) is 4.25. The van der Waals surface area contributed by atoms with Crippen LogP contribution < -0.4 is 0 Å². The van der Waals surface area contributed by atoms with Gasteiger partial charge in [0.25, 0.3) is 0 Å². The Labute approximate surface area is 90.5 Å². The number of rotatable bonds is 6. The van der Waals surface area contributed by atoms with Gasteiger partial charge < -0.3 is 9.47 Å². The SMILES string of the molecule is CCOC(=O)C(CC(=O)OC)S(=O)OC. The van der Waals surface area contributed by atoms with E-state index in [1.165, 1.54) is 14.2 Å². The molecule has 0 saturated carbocycles. The van der Waals surface area contributed by atoms with Gasteiger partial charge in [-0.1, -0.05) is 0 Å². The number of hydrogen-bond donors (Lipinski definition) is 0. The van der Waals surface area contributed by atoms with Gasteiger partial charge in [-0.2, -0.15) is 0 Å². The highest BCUT2D eigenvalue weighted by atomic mass is 32.2. The Bertz CT molecular complexity index is 252. The third-order valence-corrected chi connectivity index (χ3v) is 2.68. The number of carbonyl (C=O) groups excluding carboxylic acids is 2. The molecule has 0 aromatic carbocycles. The van der Waals surface area contributed by atoms with Gasteiger partial charge in [-0.15, -0.1) is 0 Å². The van der Waals surface area contributed by atoms with Crippen LogP contribution in [0.4, 0.5) is 0 Å². The smallest absolute Gasteiger partial charge is 0.324 e. The van der Waals surface area contributed by atoms with Crippen molar-refractivity contribution in [2.45, 2.75) is 18.6 Å². The summed E-state index contributed by atoms with van der Waals surface area (Å²) in [6.45, 7) is 1.76. The highest BCUT2D eigenvalue weighted by Gasteiger charge is 2.30. The highest BCUT2D eigenvalue weighted by molar-refractivity contribution is 7.81. The molecule has 0 aliphatic heterocycles. The van der Waals surface area contributed by atoms with E-state index in [2.05, 4.69) is 13.7 Å². The van der Waals surface area contributed by atoms with Crippen LogP contribution in [0, 0.1) is 0 Å². The maximum absolute atomic E-state index is 11.3. The quantitative estimate of drug-likeness (QED) is 0.596. The molecule has 0 fully saturated rings. The zero-order valence-electron chi connectivity index (χ0n) is 8.85. The predicted molar refractivity (Wildman–Crippen MR) is 52.2 cm³/mol. The van der Waals surface area contributed by atoms with Gasteiger partial charge in [-0.25, -0.2) is 4.21 Å². The van der Waals surface area contributed by atoms with Crippen molar-refractivity contribution >= 4 is 23.0 Å². The van der Waals surface area contributed by atoms with Crippen molar-refractivity contribution in [2.24, 2.45) is 0 Å². The lowest BCUT2D eigenvalue weighted by Gasteiger charge is -2.11. The van der Waals surface area contributed by atoms with Crippen LogP contribution >= 0.6 is 0 Å². The summed E-state index contributed by atoms with van der Waals surface area (Å²) in [6, 6.07) is 0. The van der Waals surface area contributed by atoms with Crippen molar-refractivity contribution < 1.29 is 27.5 Å². The molecular weight excluding hydrogens is 224 g/mol. The van der Waals surface area contributed by atoms with Gasteiger partial charge in [-0.05, 0) is 6.92 Å². The molecule has 0 aliphatic rings. The summed E-state index contributed by atoms with van der Waals surface area (Å²) in [5.41, 5.74) is 0. The van der Waals surface area contributed by atoms with Crippen LogP contribution in [-0.4, -0.2) is 42.2 Å². The second-order valence-corrected chi connectivity index (χ2v) is 3.87. The molecular formula is C8H14O6S. The molecule has 7 heteroatoms. The van der Waals surface area contributed by atoms with Crippen LogP contribution in [-0.2, 0) is 34.3 Å². The predicted octanol–water partition coefficient (Wildman–Crippen LogP) is -0.209. The van der Waals surface area contributed by atoms with Gasteiger partial charge >= 0.3 is 11.9 Å². The molecule has 0 rings (SSSR count). The average Bonchev–Trinajstić information content (AvgIpc) is 2.24. The van der Waals surface area contributed by atoms with E-state index >= 15 is 0 Å². The lowest BCUT2D eigenvalue weighted by molar-refractivity contribution is -0.148. The zero-order valence-corrected chi connectivity index (χ0v) is 9.67. The summed E-state index contributed by atoms with van der Waals surface area (Å²) in [5, 5.41) is -1.14. The van der Waals surface area contributed by atoms with Gasteiger partial charge in [0, 0.05) is 0 Å². The second-order valence-electron chi connectivity index (χ2n) is 2.45. The molecule has 0 aromatic rings. The van der Waals surface area contributed by atoms with E-state index in [4.69, 9.17) is 0 Å². The fourth-order valence-corrected chi connectivity index (χ4v) is 1.55. The molecule has 15 heavy (non-hydrogen) atoms. The van der Waals surface area contributed by atoms with Crippen LogP contribution in [0.5, 0.6) is 0 Å². The van der Waals surface area contributed by atoms with Crippen LogP contribution in [0.3, 0.4) is 0 Å². The Kier molecular flexibility index (Phi) is 6.89. The van der Waals surface area contributed by atoms with Gasteiger partial charge in [0.1, 0.15) is 0 Å². The summed E-state index contributed by atoms with van der Waals surface area (Å²) in [4.78, 5) is 22.2. The van der Waals surface area contributed by atoms with Gasteiger partial charge in [-0.3, -0.25) is 13.8 Å². The maximum Gasteiger partial charge on any atom is 0.324 e. The molecule has 0 radical (unpaired) electrons. The molecule has 6 nitrogen and oxygen atoms in total. The summed E-state index contributed by atoms with van der Waals surface area (Å²) in [5.74, 6) is -1.37. The van der Waals surface area contributed by atoms with E-state index in [-0.39, 0.29) is 13.0 Å². The number of carbonyl (C=O) groups is 2. The van der Waals surface area contributed by atoms with Crippen molar-refractivity contribution in [3.63, 3.8) is 0 Å². The molecule has 0 N–H and O–H groups in total. The van der Waals surface area contributed by atoms with Crippen molar-refractivity contribution in [2.75, 3.05) is 20.8 Å². The largest absolute Gasteiger partial charge is 0.469 e. The van der Waals surface area contributed by atoms with Gasteiger partial charge in [0.2, 0.25) is 0 Å². The fraction of sp³-hybridized carbons (Fsp3) is 0.750. The molecule has 2 atom stereocenters. The van der Waals surface area contributed by atoms with Crippen LogP contribution in [0.1, 0.15) is 13.3 Å². The molecule has 2 unspecified atom stereocenters. The lowest BCUT2D eigenvalue weighted by Crippen LogP contribution is -2.31. The number of methoxy groups -OCH3 is 1. The van der Waals surface area contributed by atoms with E-state index in [1.54, 1.807) is 6.92 Å². The summed E-state index contributed by atoms with van der Waals surface area (Å²) < 4.78 is 24.8. The number of ether oxygens (including phenoxy) is 2. The normalized spacial score (nSPS) is 14.1. The van der Waals surface area contributed by atoms with E-state index in [0.29, 0.717) is 0 Å². The van der Waals surface area contributed by atoms with Crippen molar-refractivity contribution in [3.05, 3.63) is 0 Å². The van der Waals surface area contributed by atoms with E-state index in [0.717, 1.165) is 0 Å². The zero-order chi connectivity index (χ0) is 11.8. The Morgan fingerprint density at radius 2 is 1.93 bits per heavy atom. The van der Waals surface area contributed by atoms with Crippen LogP contribution in [0.25, 0.3) is 0 Å². The van der Waals surface area contributed by atoms with Gasteiger partial charge in [0.15, 0.2) is 16.3 Å². The minimum atomic E-state index is -1.89. The first-order valence-corrected chi connectivity index (χ1v) is 5.39. The molecule has 0 heterocycles. The van der Waals surface area contributed by atoms with Crippen molar-refractivity contribution in [3.8, 4) is 0 Å². The third kappa shape index (κ3) is 4.89. The molecule has 0 bridgehead atoms. The Balaban J connectivity index is 4.50. The van der Waals surface area contributed by atoms with E-state index in [1.807, 2.05) is 0 Å². The Hall–Kier alpha value is -0.950. The second kappa shape index (κ2) is 7.36. The monoisotopic (exact) mass is 238 g/mol. The molecule has 0 aliphatic carbocycles. The van der Waals surface area contributed by atoms with Crippen LogP contribution in [0.15, 0.2) is 0 Å². The number of esters is 2. The molecule has 0 spiro atoms. The lowest BCUT2D eigenvalue weighted by atomic mass is 10.3. The fourth-order valence-electron chi connectivity index (χ4n) is 0.816. The molecule has 0 amide bonds. The maximum atomic E-state index is 11.3. The minimum absolute atomic E-state index is 0.150. The molecule has 0 aromatic heterocycles. The Morgan fingerprint density at radius 3 is 2.33 bits per heavy atom. The summed E-state index contributed by atoms with van der Waals surface area (Å²) in [7, 11) is 2.36. The van der Waals surface area contributed by atoms with Crippen molar-refractivity contribution in [1.82, 2.24) is 0 Å². The summed E-state index contributed by atoms with van der Waals surface area (Å²) >= 11 is -1.89. The van der Waals surface area contributed by atoms with Gasteiger partial charge in [0.05, 0.1) is 27.2 Å². The van der Waals surface area contributed by atoms with Crippen molar-refractivity contribution in [1.29, 1.82) is 0 Å².